The number of benzene rings is 1. The van der Waals surface area contributed by atoms with Crippen molar-refractivity contribution >= 4 is 29.6 Å². The number of carbonyl (C=O) groups is 3. The van der Waals surface area contributed by atoms with E-state index in [9.17, 15) is 14.4 Å². The number of esters is 1. The topological polar surface area (TPSA) is 134 Å². The first-order valence-corrected chi connectivity index (χ1v) is 11.3. The molecule has 12 nitrogen and oxygen atoms in total. The van der Waals surface area contributed by atoms with E-state index in [1.165, 1.54) is 7.11 Å². The minimum absolute atomic E-state index is 0.0488. The molecule has 12 heteroatoms. The van der Waals surface area contributed by atoms with Gasteiger partial charge in [0.25, 0.3) is 0 Å². The van der Waals surface area contributed by atoms with Crippen LogP contribution in [0.15, 0.2) is 23.2 Å². The predicted octanol–water partition coefficient (Wildman–Crippen LogP) is 0.504. The zero-order valence-corrected chi connectivity index (χ0v) is 19.6. The van der Waals surface area contributed by atoms with Crippen LogP contribution in [-0.2, 0) is 25.6 Å². The Morgan fingerprint density at radius 2 is 2.00 bits per heavy atom. The molecule has 2 heterocycles. The number of ether oxygens (including phenoxy) is 3. The molecule has 0 saturated carbocycles. The summed E-state index contributed by atoms with van der Waals surface area (Å²) in [7, 11) is 1.31. The standard InChI is InChI=1S/C22H32N6O6/c1-3-23-22(31)25-21-24-18-13-17(7-6-16(18)14-27(21)15-20(30)32-2)34-10-4-5-19(29)26-28-8-11-33-12-9-28/h6-7,13H,3-5,8-12,14-15H2,1-2H3,(H,26,29)(H2,23,24,25,31). The largest absolute Gasteiger partial charge is 0.494 e. The first kappa shape index (κ1) is 25.2. The van der Waals surface area contributed by atoms with Crippen molar-refractivity contribution in [3.63, 3.8) is 0 Å². The Morgan fingerprint density at radius 3 is 2.74 bits per heavy atom. The Labute approximate surface area is 198 Å². The van der Waals surface area contributed by atoms with E-state index in [1.807, 2.05) is 17.1 Å². The van der Waals surface area contributed by atoms with E-state index in [-0.39, 0.29) is 18.4 Å². The number of fused-ring (bicyclic) bond motifs is 1. The lowest BCUT2D eigenvalue weighted by Gasteiger charge is -2.29. The third kappa shape index (κ3) is 7.59. The molecule has 3 amide bonds. The van der Waals surface area contributed by atoms with Crippen LogP contribution < -0.4 is 20.8 Å². The zero-order chi connectivity index (χ0) is 24.3. The number of hydrazine groups is 1. The zero-order valence-electron chi connectivity index (χ0n) is 19.6. The number of hydrogen-bond acceptors (Lipinski definition) is 9. The number of hydrogen-bond donors (Lipinski definition) is 3. The lowest BCUT2D eigenvalue weighted by Crippen LogP contribution is -2.50. The van der Waals surface area contributed by atoms with Crippen molar-refractivity contribution in [2.24, 2.45) is 4.99 Å². The number of methoxy groups -OCH3 is 1. The second-order valence-electron chi connectivity index (χ2n) is 7.73. The molecule has 34 heavy (non-hydrogen) atoms. The van der Waals surface area contributed by atoms with Crippen LogP contribution in [0.5, 0.6) is 5.75 Å². The van der Waals surface area contributed by atoms with Crippen molar-refractivity contribution in [3.05, 3.63) is 23.8 Å². The molecule has 1 saturated heterocycles. The highest BCUT2D eigenvalue weighted by molar-refractivity contribution is 5.99. The number of rotatable bonds is 9. The van der Waals surface area contributed by atoms with E-state index < -0.39 is 12.0 Å². The Bertz CT molecular complexity index is 902. The van der Waals surface area contributed by atoms with E-state index in [2.05, 4.69) is 21.1 Å². The normalized spacial score (nSPS) is 15.6. The van der Waals surface area contributed by atoms with Crippen LogP contribution in [0.2, 0.25) is 0 Å². The number of urea groups is 1. The Balaban J connectivity index is 1.56. The fraction of sp³-hybridized carbons (Fsp3) is 0.545. The molecule has 0 radical (unpaired) electrons. The maximum absolute atomic E-state index is 12.1. The third-order valence-electron chi connectivity index (χ3n) is 5.16. The van der Waals surface area contributed by atoms with Crippen LogP contribution in [-0.4, -0.2) is 86.9 Å². The van der Waals surface area contributed by atoms with Gasteiger partial charge in [-0.2, -0.15) is 0 Å². The molecule has 2 aliphatic heterocycles. The second-order valence-corrected chi connectivity index (χ2v) is 7.73. The number of morpholine rings is 1. The molecule has 186 valence electrons. The molecule has 1 aromatic carbocycles. The van der Waals surface area contributed by atoms with Gasteiger partial charge < -0.3 is 24.4 Å². The smallest absolute Gasteiger partial charge is 0.325 e. The maximum Gasteiger partial charge on any atom is 0.325 e. The molecular formula is C22H32N6O6. The van der Waals surface area contributed by atoms with Crippen molar-refractivity contribution in [3.8, 4) is 5.75 Å². The number of guanidine groups is 1. The summed E-state index contributed by atoms with van der Waals surface area (Å²) in [6.07, 6.45) is 0.914. The average molecular weight is 477 g/mol. The van der Waals surface area contributed by atoms with E-state index >= 15 is 0 Å². The summed E-state index contributed by atoms with van der Waals surface area (Å²) in [5.41, 5.74) is 4.39. The Hall–Kier alpha value is -3.38. The Morgan fingerprint density at radius 1 is 1.21 bits per heavy atom. The quantitative estimate of drug-likeness (QED) is 0.347. The van der Waals surface area contributed by atoms with Gasteiger partial charge in [0.05, 0.1) is 32.6 Å². The van der Waals surface area contributed by atoms with Gasteiger partial charge in [-0.15, -0.1) is 0 Å². The molecular weight excluding hydrogens is 444 g/mol. The molecule has 0 atom stereocenters. The van der Waals surface area contributed by atoms with Gasteiger partial charge in [-0.1, -0.05) is 6.07 Å². The summed E-state index contributed by atoms with van der Waals surface area (Å²) < 4.78 is 15.8. The summed E-state index contributed by atoms with van der Waals surface area (Å²) in [6.45, 7) is 5.56. The van der Waals surface area contributed by atoms with Crippen molar-refractivity contribution < 1.29 is 28.6 Å². The number of nitrogens with one attached hydrogen (secondary N) is 3. The van der Waals surface area contributed by atoms with Gasteiger partial charge in [-0.05, 0) is 25.0 Å². The van der Waals surface area contributed by atoms with E-state index in [0.29, 0.717) is 70.3 Å². The van der Waals surface area contributed by atoms with E-state index in [4.69, 9.17) is 14.2 Å². The van der Waals surface area contributed by atoms with Crippen LogP contribution in [0.4, 0.5) is 10.5 Å². The van der Waals surface area contributed by atoms with Gasteiger partial charge >= 0.3 is 12.0 Å². The summed E-state index contributed by atoms with van der Waals surface area (Å²) in [6, 6.07) is 5.05. The average Bonchev–Trinajstić information content (AvgIpc) is 2.83. The molecule has 2 aliphatic rings. The molecule has 0 unspecified atom stereocenters. The fourth-order valence-electron chi connectivity index (χ4n) is 3.43. The van der Waals surface area contributed by atoms with E-state index in [0.717, 1.165) is 5.56 Å². The number of carbonyl (C=O) groups excluding carboxylic acids is 3. The van der Waals surface area contributed by atoms with Gasteiger partial charge in [0, 0.05) is 38.7 Å². The number of aliphatic imine (C=N–C) groups is 1. The highest BCUT2D eigenvalue weighted by atomic mass is 16.5. The first-order valence-electron chi connectivity index (χ1n) is 11.3. The van der Waals surface area contributed by atoms with Gasteiger partial charge in [-0.25, -0.2) is 14.8 Å². The Kier molecular flexibility index (Phi) is 9.47. The fourth-order valence-corrected chi connectivity index (χ4v) is 3.43. The van der Waals surface area contributed by atoms with Gasteiger partial charge in [0.2, 0.25) is 11.9 Å². The molecule has 1 aromatic rings. The van der Waals surface area contributed by atoms with Crippen molar-refractivity contribution in [1.29, 1.82) is 0 Å². The molecule has 0 spiro atoms. The second kappa shape index (κ2) is 12.8. The predicted molar refractivity (Wildman–Crippen MR) is 123 cm³/mol. The van der Waals surface area contributed by atoms with Crippen LogP contribution >= 0.6 is 0 Å². The van der Waals surface area contributed by atoms with E-state index in [1.54, 1.807) is 17.9 Å². The van der Waals surface area contributed by atoms with Crippen molar-refractivity contribution in [2.75, 3.05) is 53.1 Å². The first-order chi connectivity index (χ1) is 16.5. The lowest BCUT2D eigenvalue weighted by molar-refractivity contribution is -0.141. The maximum atomic E-state index is 12.1. The van der Waals surface area contributed by atoms with Crippen LogP contribution in [0, 0.1) is 0 Å². The summed E-state index contributed by atoms with van der Waals surface area (Å²) in [5, 5.41) is 7.19. The molecule has 0 aromatic heterocycles. The molecule has 1 fully saturated rings. The minimum atomic E-state index is -0.438. The summed E-state index contributed by atoms with van der Waals surface area (Å²) >= 11 is 0. The monoisotopic (exact) mass is 476 g/mol. The van der Waals surface area contributed by atoms with Crippen molar-refractivity contribution in [1.82, 2.24) is 26.0 Å². The molecule has 0 aliphatic carbocycles. The lowest BCUT2D eigenvalue weighted by atomic mass is 10.1. The van der Waals surface area contributed by atoms with Crippen LogP contribution in [0.1, 0.15) is 25.3 Å². The SMILES string of the molecule is CCNC(=O)NC1=Nc2cc(OCCCC(=O)NN3CCOCC3)ccc2CN1CC(=O)OC. The third-order valence-corrected chi connectivity index (χ3v) is 5.16. The van der Waals surface area contributed by atoms with Gasteiger partial charge in [-0.3, -0.25) is 20.3 Å². The number of nitrogens with zero attached hydrogens (tertiary/aromatic N) is 3. The highest BCUT2D eigenvalue weighted by Gasteiger charge is 2.24. The molecule has 0 bridgehead atoms. The van der Waals surface area contributed by atoms with Crippen LogP contribution in [0.3, 0.4) is 0 Å². The summed E-state index contributed by atoms with van der Waals surface area (Å²) in [5.74, 6) is 0.370. The minimum Gasteiger partial charge on any atom is -0.494 e. The van der Waals surface area contributed by atoms with Crippen molar-refractivity contribution in [2.45, 2.75) is 26.3 Å². The highest BCUT2D eigenvalue weighted by Crippen LogP contribution is 2.30. The number of amides is 3. The molecule has 3 rings (SSSR count). The van der Waals surface area contributed by atoms with Crippen LogP contribution in [0.25, 0.3) is 0 Å². The van der Waals surface area contributed by atoms with Gasteiger partial charge in [0.15, 0.2) is 0 Å². The summed E-state index contributed by atoms with van der Waals surface area (Å²) in [4.78, 5) is 42.1. The van der Waals surface area contributed by atoms with Gasteiger partial charge in [0.1, 0.15) is 12.3 Å². The molecule has 3 N–H and O–H groups in total.